The molecule has 1 aliphatic rings. The van der Waals surface area contributed by atoms with Crippen molar-refractivity contribution in [2.24, 2.45) is 7.05 Å². The van der Waals surface area contributed by atoms with E-state index in [0.717, 1.165) is 63.6 Å². The number of aliphatic hydroxyl groups is 1. The van der Waals surface area contributed by atoms with Gasteiger partial charge in [-0.1, -0.05) is 30.2 Å². The van der Waals surface area contributed by atoms with E-state index < -0.39 is 0 Å². The smallest absolute Gasteiger partial charge is 0.184 e. The molecular weight excluding hydrogens is 434 g/mol. The number of thiazole rings is 1. The van der Waals surface area contributed by atoms with E-state index in [1.54, 1.807) is 16.0 Å². The van der Waals surface area contributed by atoms with E-state index in [-0.39, 0.29) is 12.1 Å². The van der Waals surface area contributed by atoms with E-state index >= 15 is 0 Å². The maximum absolute atomic E-state index is 10.3. The molecule has 4 heterocycles. The van der Waals surface area contributed by atoms with Gasteiger partial charge in [0.1, 0.15) is 5.82 Å². The zero-order valence-electron chi connectivity index (χ0n) is 18.3. The van der Waals surface area contributed by atoms with E-state index in [1.165, 1.54) is 5.56 Å². The number of pyridine rings is 1. The lowest BCUT2D eigenvalue weighted by Crippen LogP contribution is -2.36. The number of benzene rings is 1. The summed E-state index contributed by atoms with van der Waals surface area (Å²) in [6, 6.07) is 10.5. The highest BCUT2D eigenvalue weighted by Crippen LogP contribution is 2.30. The zero-order valence-corrected chi connectivity index (χ0v) is 19.1. The molecule has 0 spiro atoms. The number of hydrogen-bond donors (Lipinski definition) is 3. The van der Waals surface area contributed by atoms with Crippen LogP contribution in [-0.4, -0.2) is 47.0 Å². The van der Waals surface area contributed by atoms with Gasteiger partial charge in [0.2, 0.25) is 0 Å². The van der Waals surface area contributed by atoms with Crippen LogP contribution in [0.3, 0.4) is 0 Å². The Morgan fingerprint density at radius 2 is 2.09 bits per heavy atom. The highest BCUT2D eigenvalue weighted by atomic mass is 32.1. The predicted molar refractivity (Wildman–Crippen MR) is 130 cm³/mol. The number of anilines is 1. The average molecular weight is 460 g/mol. The van der Waals surface area contributed by atoms with Gasteiger partial charge in [0.05, 0.1) is 33.6 Å². The number of fused-ring (bicyclic) bond motifs is 2. The molecule has 0 amide bonds. The summed E-state index contributed by atoms with van der Waals surface area (Å²) in [5, 5.41) is 19.0. The predicted octanol–water partition coefficient (Wildman–Crippen LogP) is 4.27. The number of hydrogen-bond acceptors (Lipinski definition) is 7. The Balaban J connectivity index is 1.22. The SMILES string of the molecule is Cn1ccc(-c2cnc3nc(Cc4ccc5nc(NC6CCCCC6O)sc5c4)[nH]c3c2)n1. The molecule has 2 unspecified atom stereocenters. The molecule has 0 aliphatic heterocycles. The number of aromatic amines is 1. The second-order valence-electron chi connectivity index (χ2n) is 8.75. The van der Waals surface area contributed by atoms with Gasteiger partial charge in [-0.05, 0) is 42.7 Å². The summed E-state index contributed by atoms with van der Waals surface area (Å²) < 4.78 is 2.91. The summed E-state index contributed by atoms with van der Waals surface area (Å²) in [4.78, 5) is 17.3. The minimum Gasteiger partial charge on any atom is -0.391 e. The molecule has 33 heavy (non-hydrogen) atoms. The van der Waals surface area contributed by atoms with Crippen molar-refractivity contribution in [1.82, 2.24) is 29.7 Å². The van der Waals surface area contributed by atoms with Crippen molar-refractivity contribution < 1.29 is 5.11 Å². The van der Waals surface area contributed by atoms with Gasteiger partial charge < -0.3 is 15.4 Å². The quantitative estimate of drug-likeness (QED) is 0.362. The molecular formula is C24H25N7OS. The normalized spacial score (nSPS) is 18.8. The van der Waals surface area contributed by atoms with Crippen molar-refractivity contribution in [2.75, 3.05) is 5.32 Å². The number of rotatable bonds is 5. The van der Waals surface area contributed by atoms with Crippen LogP contribution in [0.5, 0.6) is 0 Å². The van der Waals surface area contributed by atoms with Gasteiger partial charge in [0, 0.05) is 31.4 Å². The van der Waals surface area contributed by atoms with E-state index in [2.05, 4.69) is 43.6 Å². The Bertz CT molecular complexity index is 1440. The van der Waals surface area contributed by atoms with Gasteiger partial charge >= 0.3 is 0 Å². The van der Waals surface area contributed by atoms with Crippen LogP contribution in [0.2, 0.25) is 0 Å². The van der Waals surface area contributed by atoms with Gasteiger partial charge in [0.25, 0.3) is 0 Å². The fourth-order valence-electron chi connectivity index (χ4n) is 4.52. The lowest BCUT2D eigenvalue weighted by Gasteiger charge is -2.27. The molecule has 1 aromatic carbocycles. The lowest BCUT2D eigenvalue weighted by molar-refractivity contribution is 0.116. The molecule has 0 saturated heterocycles. The monoisotopic (exact) mass is 459 g/mol. The Kier molecular flexibility index (Phi) is 5.07. The van der Waals surface area contributed by atoms with E-state index in [4.69, 9.17) is 4.98 Å². The third-order valence-electron chi connectivity index (χ3n) is 6.26. The number of aromatic nitrogens is 6. The highest BCUT2D eigenvalue weighted by molar-refractivity contribution is 7.22. The van der Waals surface area contributed by atoms with Gasteiger partial charge in [-0.15, -0.1) is 0 Å². The number of H-pyrrole nitrogens is 1. The number of imidazole rings is 1. The molecule has 9 heteroatoms. The maximum atomic E-state index is 10.3. The summed E-state index contributed by atoms with van der Waals surface area (Å²) in [5.74, 6) is 0.878. The summed E-state index contributed by atoms with van der Waals surface area (Å²) in [5.41, 5.74) is 5.62. The molecule has 0 radical (unpaired) electrons. The minimum atomic E-state index is -0.291. The number of nitrogens with zero attached hydrogens (tertiary/aromatic N) is 5. The molecule has 168 valence electrons. The van der Waals surface area contributed by atoms with E-state index in [0.29, 0.717) is 12.1 Å². The number of aryl methyl sites for hydroxylation is 1. The summed E-state index contributed by atoms with van der Waals surface area (Å²) in [6.45, 7) is 0. The first-order chi connectivity index (χ1) is 16.1. The summed E-state index contributed by atoms with van der Waals surface area (Å²) in [7, 11) is 1.90. The average Bonchev–Trinajstić information content (AvgIpc) is 3.52. The molecule has 1 aliphatic carbocycles. The van der Waals surface area contributed by atoms with Crippen LogP contribution in [0.1, 0.15) is 37.1 Å². The minimum absolute atomic E-state index is 0.0952. The van der Waals surface area contributed by atoms with Crippen LogP contribution >= 0.6 is 11.3 Å². The van der Waals surface area contributed by atoms with Gasteiger partial charge in [-0.2, -0.15) is 5.10 Å². The van der Waals surface area contributed by atoms with Crippen LogP contribution in [0.25, 0.3) is 32.6 Å². The fourth-order valence-corrected chi connectivity index (χ4v) is 5.51. The molecule has 8 nitrogen and oxygen atoms in total. The molecule has 4 aromatic heterocycles. The van der Waals surface area contributed by atoms with E-state index in [1.807, 2.05) is 31.6 Å². The fraction of sp³-hybridized carbons (Fsp3) is 0.333. The molecule has 1 saturated carbocycles. The third-order valence-corrected chi connectivity index (χ3v) is 7.21. The number of aliphatic hydroxyl groups excluding tert-OH is 1. The van der Waals surface area contributed by atoms with Crippen LogP contribution in [-0.2, 0) is 13.5 Å². The second-order valence-corrected chi connectivity index (χ2v) is 9.78. The van der Waals surface area contributed by atoms with Crippen LogP contribution in [0, 0.1) is 0 Å². The van der Waals surface area contributed by atoms with Gasteiger partial charge in [-0.25, -0.2) is 15.0 Å². The van der Waals surface area contributed by atoms with Crippen molar-refractivity contribution in [3.63, 3.8) is 0 Å². The third kappa shape index (κ3) is 4.09. The first kappa shape index (κ1) is 20.3. The van der Waals surface area contributed by atoms with Crippen molar-refractivity contribution >= 4 is 37.8 Å². The first-order valence-corrected chi connectivity index (χ1v) is 12.1. The topological polar surface area (TPSA) is 105 Å². The van der Waals surface area contributed by atoms with Crippen molar-refractivity contribution in [2.45, 2.75) is 44.2 Å². The zero-order chi connectivity index (χ0) is 22.4. The van der Waals surface area contributed by atoms with Crippen LogP contribution in [0.15, 0.2) is 42.7 Å². The maximum Gasteiger partial charge on any atom is 0.184 e. The lowest BCUT2D eigenvalue weighted by atomic mass is 9.93. The van der Waals surface area contributed by atoms with Crippen LogP contribution < -0.4 is 5.32 Å². The number of nitrogens with one attached hydrogen (secondary N) is 2. The Morgan fingerprint density at radius 3 is 2.94 bits per heavy atom. The second kappa shape index (κ2) is 8.24. The first-order valence-electron chi connectivity index (χ1n) is 11.3. The summed E-state index contributed by atoms with van der Waals surface area (Å²) in [6.07, 6.45) is 8.24. The van der Waals surface area contributed by atoms with Crippen molar-refractivity contribution in [3.05, 3.63) is 54.1 Å². The Morgan fingerprint density at radius 1 is 1.18 bits per heavy atom. The van der Waals surface area contributed by atoms with Crippen molar-refractivity contribution in [1.29, 1.82) is 0 Å². The molecule has 5 aromatic rings. The molecule has 0 bridgehead atoms. The summed E-state index contributed by atoms with van der Waals surface area (Å²) >= 11 is 1.64. The molecule has 6 rings (SSSR count). The molecule has 3 N–H and O–H groups in total. The van der Waals surface area contributed by atoms with E-state index in [9.17, 15) is 5.11 Å². The van der Waals surface area contributed by atoms with Crippen molar-refractivity contribution in [3.8, 4) is 11.3 Å². The molecule has 1 fully saturated rings. The standard InChI is InChI=1S/C24H25N7OS/c1-31-9-8-16(30-31)15-12-19-23(25-13-15)29-22(26-19)11-14-6-7-18-21(10-14)33-24(28-18)27-17-4-2-3-5-20(17)32/h6-10,12-13,17,20,32H,2-5,11H2,1H3,(H,27,28)(H,25,26,29). The largest absolute Gasteiger partial charge is 0.391 e. The Hall–Kier alpha value is -3.30. The van der Waals surface area contributed by atoms with Gasteiger partial charge in [-0.3, -0.25) is 4.68 Å². The van der Waals surface area contributed by atoms with Crippen LogP contribution in [0.4, 0.5) is 5.13 Å². The highest BCUT2D eigenvalue weighted by Gasteiger charge is 2.23. The van der Waals surface area contributed by atoms with Gasteiger partial charge in [0.15, 0.2) is 10.8 Å². The Labute approximate surface area is 194 Å². The molecule has 2 atom stereocenters.